The zero-order chi connectivity index (χ0) is 10.3. The first-order chi connectivity index (χ1) is 6.06. The summed E-state index contributed by atoms with van der Waals surface area (Å²) in [4.78, 5) is 10.9. The number of amides is 1. The molecule has 0 saturated carbocycles. The molecular weight excluding hydrogens is 182 g/mol. The Bertz CT molecular complexity index is 148. The van der Waals surface area contributed by atoms with Crippen LogP contribution in [0.1, 0.15) is 40.0 Å². The van der Waals surface area contributed by atoms with E-state index in [-0.39, 0.29) is 11.7 Å². The number of thiol groups is 1. The Morgan fingerprint density at radius 2 is 1.92 bits per heavy atom. The van der Waals surface area contributed by atoms with Crippen molar-refractivity contribution in [3.05, 3.63) is 0 Å². The van der Waals surface area contributed by atoms with Crippen molar-refractivity contribution in [1.82, 2.24) is 5.32 Å². The second-order valence-corrected chi connectivity index (χ2v) is 4.27. The molecule has 1 amide bonds. The van der Waals surface area contributed by atoms with Gasteiger partial charge in [0, 0.05) is 6.04 Å². The van der Waals surface area contributed by atoms with Gasteiger partial charge in [0.2, 0.25) is 5.91 Å². The Balaban J connectivity index is 3.40. The van der Waals surface area contributed by atoms with Crippen LogP contribution in [0.15, 0.2) is 0 Å². The second kappa shape index (κ2) is 7.25. The van der Waals surface area contributed by atoms with Gasteiger partial charge in [0.05, 0.1) is 5.75 Å². The van der Waals surface area contributed by atoms with Crippen molar-refractivity contribution in [2.45, 2.75) is 46.1 Å². The fraction of sp³-hybridized carbons (Fsp3) is 0.900. The van der Waals surface area contributed by atoms with Gasteiger partial charge in [-0.25, -0.2) is 0 Å². The molecule has 0 radical (unpaired) electrons. The highest BCUT2D eigenvalue weighted by atomic mass is 32.1. The van der Waals surface area contributed by atoms with Crippen LogP contribution in [-0.2, 0) is 4.79 Å². The Morgan fingerprint density at radius 1 is 1.31 bits per heavy atom. The lowest BCUT2D eigenvalue weighted by Gasteiger charge is -2.13. The zero-order valence-corrected chi connectivity index (χ0v) is 9.73. The van der Waals surface area contributed by atoms with E-state index in [1.54, 1.807) is 0 Å². The number of nitrogens with one attached hydrogen (secondary N) is 1. The predicted molar refractivity (Wildman–Crippen MR) is 60.1 cm³/mol. The summed E-state index contributed by atoms with van der Waals surface area (Å²) in [5.74, 6) is 1.07. The van der Waals surface area contributed by atoms with Crippen LogP contribution in [0, 0.1) is 5.92 Å². The Morgan fingerprint density at radius 3 is 2.38 bits per heavy atom. The molecule has 13 heavy (non-hydrogen) atoms. The van der Waals surface area contributed by atoms with Crippen LogP contribution in [0.4, 0.5) is 0 Å². The van der Waals surface area contributed by atoms with Crippen molar-refractivity contribution >= 4 is 18.5 Å². The normalized spacial score (nSPS) is 13.0. The summed E-state index contributed by atoms with van der Waals surface area (Å²) in [6.07, 6.45) is 3.49. The third-order valence-corrected chi connectivity index (χ3v) is 2.26. The molecule has 0 aliphatic carbocycles. The number of carbonyl (C=O) groups is 1. The highest BCUT2D eigenvalue weighted by Crippen LogP contribution is 2.07. The van der Waals surface area contributed by atoms with E-state index in [4.69, 9.17) is 0 Å². The van der Waals surface area contributed by atoms with Gasteiger partial charge in [-0.3, -0.25) is 4.79 Å². The summed E-state index contributed by atoms with van der Waals surface area (Å²) in [5.41, 5.74) is 0. The topological polar surface area (TPSA) is 29.1 Å². The summed E-state index contributed by atoms with van der Waals surface area (Å²) >= 11 is 3.90. The molecule has 0 fully saturated rings. The van der Waals surface area contributed by atoms with Crippen LogP contribution in [0.25, 0.3) is 0 Å². The van der Waals surface area contributed by atoms with Gasteiger partial charge in [-0.1, -0.05) is 26.7 Å². The molecule has 0 aromatic rings. The highest BCUT2D eigenvalue weighted by Gasteiger charge is 2.05. The molecule has 2 nitrogen and oxygen atoms in total. The Labute approximate surface area is 86.9 Å². The van der Waals surface area contributed by atoms with Gasteiger partial charge in [-0.2, -0.15) is 12.6 Å². The summed E-state index contributed by atoms with van der Waals surface area (Å²) in [5, 5.41) is 2.89. The van der Waals surface area contributed by atoms with Gasteiger partial charge >= 0.3 is 0 Å². The molecule has 0 heterocycles. The SMILES string of the molecule is CC(C)CCCC(C)NC(=O)CS. The van der Waals surface area contributed by atoms with Gasteiger partial charge in [-0.15, -0.1) is 0 Å². The molecular formula is C10H21NOS. The standard InChI is InChI=1S/C10H21NOS/c1-8(2)5-4-6-9(3)11-10(12)7-13/h8-9,13H,4-7H2,1-3H3,(H,11,12). The number of carbonyl (C=O) groups excluding carboxylic acids is 1. The number of hydrogen-bond acceptors (Lipinski definition) is 2. The first-order valence-corrected chi connectivity index (χ1v) is 5.59. The van der Waals surface area contributed by atoms with Crippen molar-refractivity contribution in [2.24, 2.45) is 5.92 Å². The quantitative estimate of drug-likeness (QED) is 0.637. The van der Waals surface area contributed by atoms with Crippen molar-refractivity contribution < 1.29 is 4.79 Å². The van der Waals surface area contributed by atoms with Crippen molar-refractivity contribution in [2.75, 3.05) is 5.75 Å². The Kier molecular flexibility index (Phi) is 7.14. The molecule has 1 atom stereocenters. The maximum absolute atomic E-state index is 10.9. The second-order valence-electron chi connectivity index (χ2n) is 3.95. The largest absolute Gasteiger partial charge is 0.353 e. The van der Waals surface area contributed by atoms with Gasteiger partial charge in [0.1, 0.15) is 0 Å². The fourth-order valence-electron chi connectivity index (χ4n) is 1.22. The minimum atomic E-state index is 0.0281. The van der Waals surface area contributed by atoms with Crippen LogP contribution in [-0.4, -0.2) is 17.7 Å². The third kappa shape index (κ3) is 8.16. The van der Waals surface area contributed by atoms with Gasteiger partial charge in [0.25, 0.3) is 0 Å². The number of rotatable bonds is 6. The molecule has 0 aromatic carbocycles. The first-order valence-electron chi connectivity index (χ1n) is 4.96. The van der Waals surface area contributed by atoms with Gasteiger partial charge in [0.15, 0.2) is 0 Å². The zero-order valence-electron chi connectivity index (χ0n) is 8.84. The van der Waals surface area contributed by atoms with Crippen LogP contribution in [0.5, 0.6) is 0 Å². The molecule has 1 unspecified atom stereocenters. The van der Waals surface area contributed by atoms with E-state index in [0.29, 0.717) is 6.04 Å². The first kappa shape index (κ1) is 12.8. The molecule has 0 saturated heterocycles. The van der Waals surface area contributed by atoms with E-state index in [9.17, 15) is 4.79 Å². The van der Waals surface area contributed by atoms with E-state index in [1.165, 1.54) is 12.8 Å². The van der Waals surface area contributed by atoms with Crippen LogP contribution >= 0.6 is 12.6 Å². The smallest absolute Gasteiger partial charge is 0.229 e. The minimum absolute atomic E-state index is 0.0281. The molecule has 0 rings (SSSR count). The molecule has 0 aliphatic heterocycles. The molecule has 1 N–H and O–H groups in total. The molecule has 78 valence electrons. The highest BCUT2D eigenvalue weighted by molar-refractivity contribution is 7.81. The average molecular weight is 203 g/mol. The number of hydrogen-bond donors (Lipinski definition) is 2. The summed E-state index contributed by atoms with van der Waals surface area (Å²) in [6.45, 7) is 6.48. The van der Waals surface area contributed by atoms with E-state index >= 15 is 0 Å². The van der Waals surface area contributed by atoms with Crippen LogP contribution < -0.4 is 5.32 Å². The van der Waals surface area contributed by atoms with Crippen molar-refractivity contribution in [3.8, 4) is 0 Å². The van der Waals surface area contributed by atoms with Crippen molar-refractivity contribution in [1.29, 1.82) is 0 Å². The van der Waals surface area contributed by atoms with E-state index < -0.39 is 0 Å². The van der Waals surface area contributed by atoms with Crippen molar-refractivity contribution in [3.63, 3.8) is 0 Å². The third-order valence-electron chi connectivity index (χ3n) is 1.97. The lowest BCUT2D eigenvalue weighted by atomic mass is 10.0. The van der Waals surface area contributed by atoms with E-state index in [0.717, 1.165) is 12.3 Å². The van der Waals surface area contributed by atoms with Gasteiger partial charge in [-0.05, 0) is 19.3 Å². The van der Waals surface area contributed by atoms with E-state index in [1.807, 2.05) is 6.92 Å². The molecule has 0 spiro atoms. The van der Waals surface area contributed by atoms with Crippen LogP contribution in [0.3, 0.4) is 0 Å². The molecule has 0 aliphatic rings. The molecule has 3 heteroatoms. The fourth-order valence-corrected chi connectivity index (χ4v) is 1.32. The molecule has 0 bridgehead atoms. The summed E-state index contributed by atoms with van der Waals surface area (Å²) < 4.78 is 0. The summed E-state index contributed by atoms with van der Waals surface area (Å²) in [7, 11) is 0. The minimum Gasteiger partial charge on any atom is -0.353 e. The van der Waals surface area contributed by atoms with Crippen LogP contribution in [0.2, 0.25) is 0 Å². The summed E-state index contributed by atoms with van der Waals surface area (Å²) in [6, 6.07) is 0.290. The van der Waals surface area contributed by atoms with E-state index in [2.05, 4.69) is 31.8 Å². The maximum Gasteiger partial charge on any atom is 0.229 e. The molecule has 0 aromatic heterocycles. The Hall–Kier alpha value is -0.180. The monoisotopic (exact) mass is 203 g/mol. The predicted octanol–water partition coefficient (Wildman–Crippen LogP) is 2.25. The average Bonchev–Trinajstić information content (AvgIpc) is 2.03. The lowest BCUT2D eigenvalue weighted by Crippen LogP contribution is -2.33. The maximum atomic E-state index is 10.9. The lowest BCUT2D eigenvalue weighted by molar-refractivity contribution is -0.119. The van der Waals surface area contributed by atoms with Gasteiger partial charge < -0.3 is 5.32 Å².